The van der Waals surface area contributed by atoms with Gasteiger partial charge in [-0.05, 0) is 45.0 Å². The number of carbonyl (C=O) groups excluding carboxylic acids is 1. The van der Waals surface area contributed by atoms with Crippen LogP contribution in [0.25, 0.3) is 11.4 Å². The molecule has 2 aromatic rings. The van der Waals surface area contributed by atoms with Crippen LogP contribution in [0.15, 0.2) is 30.3 Å². The summed E-state index contributed by atoms with van der Waals surface area (Å²) < 4.78 is 5.01. The maximum atomic E-state index is 11.8. The average molecular weight is 256 g/mol. The molecule has 4 heteroatoms. The van der Waals surface area contributed by atoms with Crippen molar-refractivity contribution in [2.45, 2.75) is 20.8 Å². The number of pyridine rings is 2. The van der Waals surface area contributed by atoms with E-state index in [1.54, 1.807) is 19.1 Å². The highest BCUT2D eigenvalue weighted by molar-refractivity contribution is 5.90. The third kappa shape index (κ3) is 3.16. The van der Waals surface area contributed by atoms with Gasteiger partial charge >= 0.3 is 5.97 Å². The fraction of sp³-hybridized carbons (Fsp3) is 0.267. The monoisotopic (exact) mass is 256 g/mol. The van der Waals surface area contributed by atoms with E-state index in [0.29, 0.717) is 17.9 Å². The minimum absolute atomic E-state index is 0.332. The standard InChI is InChI=1S/C15H16N2O2/c1-4-19-15(18)12-8-11(3)17-14(9-12)13-7-5-6-10(2)16-13/h5-9H,4H2,1-3H3. The van der Waals surface area contributed by atoms with Gasteiger partial charge in [-0.2, -0.15) is 0 Å². The molecule has 0 aromatic carbocycles. The number of aromatic nitrogens is 2. The van der Waals surface area contributed by atoms with Crippen LogP contribution in [-0.2, 0) is 4.74 Å². The highest BCUT2D eigenvalue weighted by Crippen LogP contribution is 2.18. The van der Waals surface area contributed by atoms with Gasteiger partial charge in [0.15, 0.2) is 0 Å². The summed E-state index contributed by atoms with van der Waals surface area (Å²) in [6, 6.07) is 9.16. The first-order chi connectivity index (χ1) is 9.10. The van der Waals surface area contributed by atoms with Crippen molar-refractivity contribution in [3.63, 3.8) is 0 Å². The Bertz CT molecular complexity index is 609. The molecule has 2 rings (SSSR count). The van der Waals surface area contributed by atoms with Gasteiger partial charge in [0.25, 0.3) is 0 Å². The molecule has 19 heavy (non-hydrogen) atoms. The van der Waals surface area contributed by atoms with Gasteiger partial charge in [0.1, 0.15) is 0 Å². The van der Waals surface area contributed by atoms with E-state index in [-0.39, 0.29) is 5.97 Å². The molecule has 0 saturated heterocycles. The molecule has 2 aromatic heterocycles. The van der Waals surface area contributed by atoms with Crippen molar-refractivity contribution in [2.24, 2.45) is 0 Å². The van der Waals surface area contributed by atoms with E-state index < -0.39 is 0 Å². The summed E-state index contributed by atoms with van der Waals surface area (Å²) in [6.07, 6.45) is 0. The predicted octanol–water partition coefficient (Wildman–Crippen LogP) is 2.94. The van der Waals surface area contributed by atoms with Crippen LogP contribution in [0.5, 0.6) is 0 Å². The second kappa shape index (κ2) is 5.61. The van der Waals surface area contributed by atoms with Gasteiger partial charge in [0.2, 0.25) is 0 Å². The molecule has 0 bridgehead atoms. The van der Waals surface area contributed by atoms with Gasteiger partial charge in [-0.1, -0.05) is 6.07 Å². The normalized spacial score (nSPS) is 10.3. The molecule has 4 nitrogen and oxygen atoms in total. The molecule has 0 aliphatic rings. The Kier molecular flexibility index (Phi) is 3.90. The molecule has 0 saturated carbocycles. The van der Waals surface area contributed by atoms with E-state index in [4.69, 9.17) is 4.74 Å². The second-order valence-corrected chi connectivity index (χ2v) is 4.27. The summed E-state index contributed by atoms with van der Waals surface area (Å²) in [4.78, 5) is 20.6. The molecule has 0 unspecified atom stereocenters. The topological polar surface area (TPSA) is 52.1 Å². The van der Waals surface area contributed by atoms with Crippen LogP contribution in [0.2, 0.25) is 0 Å². The summed E-state index contributed by atoms with van der Waals surface area (Å²) in [7, 11) is 0. The number of rotatable bonds is 3. The van der Waals surface area contributed by atoms with Gasteiger partial charge in [-0.15, -0.1) is 0 Å². The lowest BCUT2D eigenvalue weighted by atomic mass is 10.1. The van der Waals surface area contributed by atoms with Gasteiger partial charge in [0, 0.05) is 11.4 Å². The Morgan fingerprint density at radius 1 is 1.11 bits per heavy atom. The van der Waals surface area contributed by atoms with Gasteiger partial charge in [-0.3, -0.25) is 9.97 Å². The number of nitrogens with zero attached hydrogens (tertiary/aromatic N) is 2. The molecule has 0 spiro atoms. The maximum absolute atomic E-state index is 11.8. The second-order valence-electron chi connectivity index (χ2n) is 4.27. The Balaban J connectivity index is 2.44. The molecule has 0 N–H and O–H groups in total. The first-order valence-corrected chi connectivity index (χ1v) is 6.20. The average Bonchev–Trinajstić information content (AvgIpc) is 2.38. The highest BCUT2D eigenvalue weighted by atomic mass is 16.5. The molecule has 98 valence electrons. The van der Waals surface area contributed by atoms with Crippen LogP contribution in [0, 0.1) is 13.8 Å². The molecule has 2 heterocycles. The van der Waals surface area contributed by atoms with E-state index in [1.165, 1.54) is 0 Å². The summed E-state index contributed by atoms with van der Waals surface area (Å²) in [6.45, 7) is 5.92. The molecule has 0 fully saturated rings. The molecule has 0 aliphatic carbocycles. The van der Waals surface area contributed by atoms with Gasteiger partial charge in [-0.25, -0.2) is 4.79 Å². The van der Waals surface area contributed by atoms with Gasteiger partial charge in [0.05, 0.1) is 23.6 Å². The van der Waals surface area contributed by atoms with E-state index >= 15 is 0 Å². The smallest absolute Gasteiger partial charge is 0.338 e. The molecule has 0 amide bonds. The number of esters is 1. The van der Waals surface area contributed by atoms with Crippen molar-refractivity contribution in [3.05, 3.63) is 47.3 Å². The molecular weight excluding hydrogens is 240 g/mol. The maximum Gasteiger partial charge on any atom is 0.338 e. The summed E-state index contributed by atoms with van der Waals surface area (Å²) in [5, 5.41) is 0. The van der Waals surface area contributed by atoms with Crippen LogP contribution in [0.4, 0.5) is 0 Å². The zero-order chi connectivity index (χ0) is 13.8. The largest absolute Gasteiger partial charge is 0.462 e. The van der Waals surface area contributed by atoms with Crippen molar-refractivity contribution in [1.29, 1.82) is 0 Å². The fourth-order valence-corrected chi connectivity index (χ4v) is 1.82. The van der Waals surface area contributed by atoms with Crippen LogP contribution in [0.1, 0.15) is 28.7 Å². The number of hydrogen-bond donors (Lipinski definition) is 0. The number of carbonyl (C=O) groups is 1. The quantitative estimate of drug-likeness (QED) is 0.792. The van der Waals surface area contributed by atoms with Crippen molar-refractivity contribution in [2.75, 3.05) is 6.61 Å². The predicted molar refractivity (Wildman–Crippen MR) is 72.9 cm³/mol. The van der Waals surface area contributed by atoms with Crippen molar-refractivity contribution in [1.82, 2.24) is 9.97 Å². The van der Waals surface area contributed by atoms with Gasteiger partial charge < -0.3 is 4.74 Å². The third-order valence-corrected chi connectivity index (χ3v) is 2.62. The van der Waals surface area contributed by atoms with Crippen LogP contribution in [-0.4, -0.2) is 22.5 Å². The number of aryl methyl sites for hydroxylation is 2. The van der Waals surface area contributed by atoms with Crippen molar-refractivity contribution < 1.29 is 9.53 Å². The van der Waals surface area contributed by atoms with E-state index in [0.717, 1.165) is 17.1 Å². The Labute approximate surface area is 112 Å². The SMILES string of the molecule is CCOC(=O)c1cc(C)nc(-c2cccc(C)n2)c1. The summed E-state index contributed by atoms with van der Waals surface area (Å²) in [5.74, 6) is -0.332. The lowest BCUT2D eigenvalue weighted by Gasteiger charge is -2.06. The van der Waals surface area contributed by atoms with Crippen molar-refractivity contribution >= 4 is 5.97 Å². The Morgan fingerprint density at radius 2 is 1.84 bits per heavy atom. The number of hydrogen-bond acceptors (Lipinski definition) is 4. The lowest BCUT2D eigenvalue weighted by molar-refractivity contribution is 0.0526. The summed E-state index contributed by atoms with van der Waals surface area (Å²) >= 11 is 0. The zero-order valence-electron chi connectivity index (χ0n) is 11.3. The first kappa shape index (κ1) is 13.2. The molecule has 0 radical (unpaired) electrons. The lowest BCUT2D eigenvalue weighted by Crippen LogP contribution is -2.06. The zero-order valence-corrected chi connectivity index (χ0v) is 11.3. The van der Waals surface area contributed by atoms with E-state index in [1.807, 2.05) is 32.0 Å². The molecule has 0 atom stereocenters. The van der Waals surface area contributed by atoms with Crippen LogP contribution < -0.4 is 0 Å². The molecular formula is C15H16N2O2. The Hall–Kier alpha value is -2.23. The first-order valence-electron chi connectivity index (χ1n) is 6.20. The van der Waals surface area contributed by atoms with Crippen molar-refractivity contribution in [3.8, 4) is 11.4 Å². The minimum atomic E-state index is -0.332. The van der Waals surface area contributed by atoms with E-state index in [9.17, 15) is 4.79 Å². The molecule has 0 aliphatic heterocycles. The van der Waals surface area contributed by atoms with Crippen LogP contribution >= 0.6 is 0 Å². The minimum Gasteiger partial charge on any atom is -0.462 e. The highest BCUT2D eigenvalue weighted by Gasteiger charge is 2.11. The summed E-state index contributed by atoms with van der Waals surface area (Å²) in [5.41, 5.74) is 3.64. The fourth-order valence-electron chi connectivity index (χ4n) is 1.82. The van der Waals surface area contributed by atoms with E-state index in [2.05, 4.69) is 9.97 Å². The van der Waals surface area contributed by atoms with Crippen LogP contribution in [0.3, 0.4) is 0 Å². The third-order valence-electron chi connectivity index (χ3n) is 2.62. The Morgan fingerprint density at radius 3 is 2.53 bits per heavy atom. The number of ether oxygens (including phenoxy) is 1.